The van der Waals surface area contributed by atoms with Crippen LogP contribution in [0.4, 0.5) is 0 Å². The average molecular weight is 224 g/mol. The largest absolute Gasteiger partial charge is 0.374 e. The van der Waals surface area contributed by atoms with Gasteiger partial charge in [-0.15, -0.1) is 0 Å². The van der Waals surface area contributed by atoms with Gasteiger partial charge in [0.15, 0.2) is 5.78 Å². The molecule has 0 aromatic carbocycles. The second kappa shape index (κ2) is 6.43. The zero-order chi connectivity index (χ0) is 12.0. The molecule has 4 nitrogen and oxygen atoms in total. The zero-order valence-corrected chi connectivity index (χ0v) is 10.3. The van der Waals surface area contributed by atoms with Gasteiger partial charge in [0.25, 0.3) is 0 Å². The lowest BCUT2D eigenvalue weighted by molar-refractivity contribution is -0.129. The van der Waals surface area contributed by atoms with E-state index < -0.39 is 0 Å². The summed E-state index contributed by atoms with van der Waals surface area (Å²) in [5, 5.41) is 4.07. The first-order chi connectivity index (χ1) is 7.69. The summed E-state index contributed by atoms with van der Waals surface area (Å²) >= 11 is 0. The molecule has 1 rings (SSSR count). The highest BCUT2D eigenvalue weighted by atomic mass is 16.5. The van der Waals surface area contributed by atoms with Gasteiger partial charge in [-0.3, -0.25) is 9.48 Å². The Hall–Kier alpha value is -1.16. The molecule has 1 aromatic heterocycles. The molecule has 0 spiro atoms. The van der Waals surface area contributed by atoms with Gasteiger partial charge < -0.3 is 4.74 Å². The highest BCUT2D eigenvalue weighted by Gasteiger charge is 2.16. The molecule has 1 atom stereocenters. The quantitative estimate of drug-likeness (QED) is 0.708. The summed E-state index contributed by atoms with van der Waals surface area (Å²) in [4.78, 5) is 11.8. The van der Waals surface area contributed by atoms with Crippen molar-refractivity contribution in [2.45, 2.75) is 38.7 Å². The summed E-state index contributed by atoms with van der Waals surface area (Å²) in [5.41, 5.74) is 1.08. The molecule has 0 aliphatic rings. The van der Waals surface area contributed by atoms with Crippen LogP contribution in [-0.2, 0) is 23.0 Å². The number of carbonyl (C=O) groups is 1. The van der Waals surface area contributed by atoms with E-state index in [4.69, 9.17) is 4.74 Å². The number of aromatic nitrogens is 2. The van der Waals surface area contributed by atoms with Crippen molar-refractivity contribution in [3.8, 4) is 0 Å². The predicted octanol–water partition coefficient (Wildman–Crippen LogP) is 1.74. The van der Waals surface area contributed by atoms with Gasteiger partial charge in [-0.2, -0.15) is 5.10 Å². The predicted molar refractivity (Wildman–Crippen MR) is 62.2 cm³/mol. The Morgan fingerprint density at radius 3 is 2.88 bits per heavy atom. The van der Waals surface area contributed by atoms with Gasteiger partial charge in [-0.25, -0.2) is 0 Å². The number of ketones is 1. The van der Waals surface area contributed by atoms with Crippen LogP contribution >= 0.6 is 0 Å². The summed E-state index contributed by atoms with van der Waals surface area (Å²) in [5.74, 6) is 0.186. The van der Waals surface area contributed by atoms with Crippen molar-refractivity contribution in [1.29, 1.82) is 0 Å². The van der Waals surface area contributed by atoms with Gasteiger partial charge in [0.1, 0.15) is 6.10 Å². The molecule has 1 aromatic rings. The monoisotopic (exact) mass is 224 g/mol. The van der Waals surface area contributed by atoms with E-state index in [0.717, 1.165) is 25.0 Å². The fourth-order valence-electron chi connectivity index (χ4n) is 1.73. The maximum absolute atomic E-state index is 11.8. The molecule has 0 N–H and O–H groups in total. The Morgan fingerprint density at radius 1 is 1.62 bits per heavy atom. The van der Waals surface area contributed by atoms with Crippen molar-refractivity contribution in [3.05, 3.63) is 18.0 Å². The molecule has 0 aliphatic carbocycles. The number of ether oxygens (including phenoxy) is 1. The van der Waals surface area contributed by atoms with Crippen molar-refractivity contribution in [1.82, 2.24) is 9.78 Å². The van der Waals surface area contributed by atoms with Crippen molar-refractivity contribution in [2.75, 3.05) is 7.11 Å². The molecule has 0 bridgehead atoms. The van der Waals surface area contributed by atoms with Crippen LogP contribution in [0.3, 0.4) is 0 Å². The lowest BCUT2D eigenvalue weighted by Gasteiger charge is -2.12. The molecule has 1 unspecified atom stereocenters. The van der Waals surface area contributed by atoms with E-state index in [9.17, 15) is 4.79 Å². The van der Waals surface area contributed by atoms with Crippen LogP contribution in [-0.4, -0.2) is 28.8 Å². The standard InChI is InChI=1S/C12H20N2O2/c1-4-5-12(16-3)11(15)7-6-10-8-9-13-14(10)2/h8-9,12H,4-7H2,1-3H3. The Kier molecular flexibility index (Phi) is 5.19. The lowest BCUT2D eigenvalue weighted by atomic mass is 10.0. The maximum atomic E-state index is 11.8. The minimum Gasteiger partial charge on any atom is -0.374 e. The first kappa shape index (κ1) is 12.9. The number of methoxy groups -OCH3 is 1. The van der Waals surface area contributed by atoms with Crippen LogP contribution in [0.5, 0.6) is 0 Å². The van der Waals surface area contributed by atoms with Gasteiger partial charge in [0.2, 0.25) is 0 Å². The number of hydrogen-bond acceptors (Lipinski definition) is 3. The normalized spacial score (nSPS) is 12.7. The third-order valence-corrected chi connectivity index (χ3v) is 2.74. The fraction of sp³-hybridized carbons (Fsp3) is 0.667. The second-order valence-electron chi connectivity index (χ2n) is 3.93. The van der Waals surface area contributed by atoms with Crippen LogP contribution in [0.25, 0.3) is 0 Å². The SMILES string of the molecule is CCCC(OC)C(=O)CCc1ccnn1C. The van der Waals surface area contributed by atoms with E-state index in [1.54, 1.807) is 18.0 Å². The minimum absolute atomic E-state index is 0.186. The third kappa shape index (κ3) is 3.45. The molecular formula is C12H20N2O2. The van der Waals surface area contributed by atoms with Crippen molar-refractivity contribution in [2.24, 2.45) is 7.05 Å². The number of hydrogen-bond donors (Lipinski definition) is 0. The van der Waals surface area contributed by atoms with Gasteiger partial charge in [-0.05, 0) is 18.9 Å². The number of aryl methyl sites for hydroxylation is 2. The van der Waals surface area contributed by atoms with Crippen LogP contribution in [0.2, 0.25) is 0 Å². The summed E-state index contributed by atoms with van der Waals surface area (Å²) in [6.45, 7) is 2.06. The number of nitrogens with zero attached hydrogens (tertiary/aromatic N) is 2. The highest BCUT2D eigenvalue weighted by molar-refractivity contribution is 5.83. The molecule has 1 heterocycles. The van der Waals surface area contributed by atoms with Crippen molar-refractivity contribution < 1.29 is 9.53 Å². The number of Topliss-reactive ketones (excluding diaryl/α,β-unsaturated/α-hetero) is 1. The van der Waals surface area contributed by atoms with E-state index in [0.29, 0.717) is 6.42 Å². The summed E-state index contributed by atoms with van der Waals surface area (Å²) in [6, 6.07) is 1.94. The average Bonchev–Trinajstić information content (AvgIpc) is 2.68. The Bertz CT molecular complexity index is 334. The van der Waals surface area contributed by atoms with E-state index in [1.165, 1.54) is 0 Å². The van der Waals surface area contributed by atoms with E-state index in [2.05, 4.69) is 12.0 Å². The number of carbonyl (C=O) groups excluding carboxylic acids is 1. The Labute approximate surface area is 96.6 Å². The van der Waals surface area contributed by atoms with Crippen LogP contribution < -0.4 is 0 Å². The van der Waals surface area contributed by atoms with Crippen LogP contribution in [0, 0.1) is 0 Å². The van der Waals surface area contributed by atoms with Crippen molar-refractivity contribution in [3.63, 3.8) is 0 Å². The van der Waals surface area contributed by atoms with Gasteiger partial charge in [0, 0.05) is 32.5 Å². The molecule has 90 valence electrons. The summed E-state index contributed by atoms with van der Waals surface area (Å²) in [7, 11) is 3.49. The molecule has 0 amide bonds. The third-order valence-electron chi connectivity index (χ3n) is 2.74. The second-order valence-corrected chi connectivity index (χ2v) is 3.93. The Balaban J connectivity index is 2.42. The smallest absolute Gasteiger partial charge is 0.161 e. The summed E-state index contributed by atoms with van der Waals surface area (Å²) < 4.78 is 6.98. The first-order valence-corrected chi connectivity index (χ1v) is 5.71. The van der Waals surface area contributed by atoms with Gasteiger partial charge >= 0.3 is 0 Å². The summed E-state index contributed by atoms with van der Waals surface area (Å²) in [6.07, 6.45) is 4.55. The van der Waals surface area contributed by atoms with Crippen LogP contribution in [0.15, 0.2) is 12.3 Å². The minimum atomic E-state index is -0.238. The molecule has 16 heavy (non-hydrogen) atoms. The molecule has 0 saturated heterocycles. The van der Waals surface area contributed by atoms with Crippen LogP contribution in [0.1, 0.15) is 31.9 Å². The fourth-order valence-corrected chi connectivity index (χ4v) is 1.73. The molecule has 0 saturated carbocycles. The lowest BCUT2D eigenvalue weighted by Crippen LogP contribution is -2.23. The van der Waals surface area contributed by atoms with E-state index >= 15 is 0 Å². The Morgan fingerprint density at radius 2 is 2.38 bits per heavy atom. The van der Waals surface area contributed by atoms with Gasteiger partial charge in [-0.1, -0.05) is 13.3 Å². The van der Waals surface area contributed by atoms with E-state index in [-0.39, 0.29) is 11.9 Å². The van der Waals surface area contributed by atoms with E-state index in [1.807, 2.05) is 13.1 Å². The zero-order valence-electron chi connectivity index (χ0n) is 10.3. The molecule has 0 radical (unpaired) electrons. The highest BCUT2D eigenvalue weighted by Crippen LogP contribution is 2.08. The van der Waals surface area contributed by atoms with Crippen molar-refractivity contribution >= 4 is 5.78 Å². The maximum Gasteiger partial charge on any atom is 0.161 e. The number of rotatable bonds is 7. The van der Waals surface area contributed by atoms with Gasteiger partial charge in [0.05, 0.1) is 0 Å². The molecule has 4 heteroatoms. The topological polar surface area (TPSA) is 44.1 Å². The molecule has 0 aliphatic heterocycles. The molecular weight excluding hydrogens is 204 g/mol. The first-order valence-electron chi connectivity index (χ1n) is 5.71. The molecule has 0 fully saturated rings.